The molecule has 1 fully saturated rings. The van der Waals surface area contributed by atoms with Crippen LogP contribution in [0.1, 0.15) is 19.8 Å². The molecule has 0 saturated heterocycles. The van der Waals surface area contributed by atoms with Crippen molar-refractivity contribution in [3.05, 3.63) is 23.2 Å². The van der Waals surface area contributed by atoms with Crippen LogP contribution in [-0.2, 0) is 4.79 Å². The van der Waals surface area contributed by atoms with Crippen molar-refractivity contribution in [2.75, 3.05) is 18.9 Å². The molecule has 0 heterocycles. The van der Waals surface area contributed by atoms with E-state index in [1.807, 2.05) is 11.8 Å². The molecule has 98 valence electrons. The summed E-state index contributed by atoms with van der Waals surface area (Å²) in [6.45, 7) is 2.76. The molecule has 1 aliphatic rings. The van der Waals surface area contributed by atoms with Gasteiger partial charge in [0.1, 0.15) is 5.75 Å². The van der Waals surface area contributed by atoms with Gasteiger partial charge in [0, 0.05) is 18.7 Å². The summed E-state index contributed by atoms with van der Waals surface area (Å²) < 4.78 is 5.43. The summed E-state index contributed by atoms with van der Waals surface area (Å²) in [6.07, 6.45) is 2.21. The van der Waals surface area contributed by atoms with Crippen LogP contribution < -0.4 is 10.5 Å². The van der Waals surface area contributed by atoms with Crippen LogP contribution in [0.25, 0.3) is 0 Å². The van der Waals surface area contributed by atoms with Crippen LogP contribution in [0, 0.1) is 0 Å². The molecular weight excluding hydrogens is 252 g/mol. The fourth-order valence-electron chi connectivity index (χ4n) is 1.85. The third-order valence-electron chi connectivity index (χ3n) is 2.98. The van der Waals surface area contributed by atoms with Crippen LogP contribution in [0.5, 0.6) is 5.75 Å². The molecule has 18 heavy (non-hydrogen) atoms. The third kappa shape index (κ3) is 3.07. The number of ether oxygens (including phenoxy) is 1. The van der Waals surface area contributed by atoms with Crippen molar-refractivity contribution >= 4 is 23.2 Å². The number of nitrogen functional groups attached to an aromatic ring is 1. The van der Waals surface area contributed by atoms with E-state index >= 15 is 0 Å². The van der Waals surface area contributed by atoms with E-state index in [0.29, 0.717) is 22.5 Å². The topological polar surface area (TPSA) is 55.6 Å². The first-order valence-electron chi connectivity index (χ1n) is 6.09. The van der Waals surface area contributed by atoms with Crippen molar-refractivity contribution in [2.45, 2.75) is 25.8 Å². The van der Waals surface area contributed by atoms with E-state index in [1.54, 1.807) is 18.2 Å². The Morgan fingerprint density at radius 1 is 1.56 bits per heavy atom. The number of hydrogen-bond donors (Lipinski definition) is 1. The molecule has 1 aromatic rings. The van der Waals surface area contributed by atoms with Crippen LogP contribution in [0.4, 0.5) is 5.69 Å². The number of anilines is 1. The summed E-state index contributed by atoms with van der Waals surface area (Å²) in [5.74, 6) is 0.586. The number of carbonyl (C=O) groups excluding carboxylic acids is 1. The maximum atomic E-state index is 11.9. The third-order valence-corrected chi connectivity index (χ3v) is 3.31. The molecule has 0 bridgehead atoms. The average molecular weight is 269 g/mol. The average Bonchev–Trinajstić information content (AvgIpc) is 3.16. The summed E-state index contributed by atoms with van der Waals surface area (Å²) in [5, 5.41) is 0.439. The van der Waals surface area contributed by atoms with Gasteiger partial charge in [0.05, 0.1) is 10.7 Å². The van der Waals surface area contributed by atoms with Crippen LogP contribution in [0.3, 0.4) is 0 Å². The van der Waals surface area contributed by atoms with Gasteiger partial charge in [-0.05, 0) is 31.9 Å². The normalized spacial score (nSPS) is 14.3. The lowest BCUT2D eigenvalue weighted by Crippen LogP contribution is -2.36. The Morgan fingerprint density at radius 3 is 2.83 bits per heavy atom. The van der Waals surface area contributed by atoms with Gasteiger partial charge in [0.2, 0.25) is 0 Å². The van der Waals surface area contributed by atoms with Crippen molar-refractivity contribution < 1.29 is 9.53 Å². The lowest BCUT2D eigenvalue weighted by Gasteiger charge is -2.20. The predicted molar refractivity (Wildman–Crippen MR) is 71.8 cm³/mol. The lowest BCUT2D eigenvalue weighted by atomic mass is 10.3. The number of benzene rings is 1. The Hall–Kier alpha value is -1.42. The number of hydrogen-bond acceptors (Lipinski definition) is 3. The highest BCUT2D eigenvalue weighted by Crippen LogP contribution is 2.27. The van der Waals surface area contributed by atoms with Gasteiger partial charge in [-0.2, -0.15) is 0 Å². The van der Waals surface area contributed by atoms with E-state index in [-0.39, 0.29) is 12.5 Å². The number of rotatable bonds is 5. The molecule has 0 aromatic heterocycles. The molecule has 2 rings (SSSR count). The Kier molecular flexibility index (Phi) is 3.97. The highest BCUT2D eigenvalue weighted by Gasteiger charge is 2.31. The fraction of sp³-hybridized carbons (Fsp3) is 0.462. The Bertz CT molecular complexity index is 447. The number of amides is 1. The van der Waals surface area contributed by atoms with Gasteiger partial charge in [0.15, 0.2) is 6.61 Å². The maximum Gasteiger partial charge on any atom is 0.260 e. The summed E-state index contributed by atoms with van der Waals surface area (Å²) in [7, 11) is 0. The van der Waals surface area contributed by atoms with Gasteiger partial charge in [-0.15, -0.1) is 0 Å². The molecule has 0 atom stereocenters. The number of carbonyl (C=O) groups is 1. The smallest absolute Gasteiger partial charge is 0.260 e. The molecule has 0 radical (unpaired) electrons. The molecule has 1 saturated carbocycles. The van der Waals surface area contributed by atoms with Crippen molar-refractivity contribution in [1.82, 2.24) is 4.90 Å². The summed E-state index contributed by atoms with van der Waals surface area (Å²) in [5.41, 5.74) is 6.10. The zero-order chi connectivity index (χ0) is 13.1. The van der Waals surface area contributed by atoms with E-state index in [1.165, 1.54) is 0 Å². The first kappa shape index (κ1) is 13.0. The van der Waals surface area contributed by atoms with E-state index in [2.05, 4.69) is 0 Å². The predicted octanol–water partition coefficient (Wildman–Crippen LogP) is 2.31. The molecule has 1 aliphatic carbocycles. The zero-order valence-electron chi connectivity index (χ0n) is 10.4. The second-order valence-electron chi connectivity index (χ2n) is 4.38. The first-order valence-corrected chi connectivity index (χ1v) is 6.47. The van der Waals surface area contributed by atoms with Crippen LogP contribution >= 0.6 is 11.6 Å². The zero-order valence-corrected chi connectivity index (χ0v) is 11.1. The minimum absolute atomic E-state index is 0.0212. The van der Waals surface area contributed by atoms with Crippen LogP contribution in [0.2, 0.25) is 5.02 Å². The summed E-state index contributed by atoms with van der Waals surface area (Å²) >= 11 is 5.88. The number of likely N-dealkylation sites (N-methyl/N-ethyl adjacent to an activating group) is 1. The van der Waals surface area contributed by atoms with Gasteiger partial charge < -0.3 is 15.4 Å². The molecule has 0 unspecified atom stereocenters. The van der Waals surface area contributed by atoms with E-state index in [9.17, 15) is 4.79 Å². The molecule has 0 spiro atoms. The van der Waals surface area contributed by atoms with Gasteiger partial charge in [-0.25, -0.2) is 0 Å². The summed E-state index contributed by atoms with van der Waals surface area (Å²) in [4.78, 5) is 13.8. The molecule has 0 aliphatic heterocycles. The van der Waals surface area contributed by atoms with Gasteiger partial charge >= 0.3 is 0 Å². The first-order chi connectivity index (χ1) is 8.61. The van der Waals surface area contributed by atoms with Crippen molar-refractivity contribution in [2.24, 2.45) is 0 Å². The molecule has 4 nitrogen and oxygen atoms in total. The van der Waals surface area contributed by atoms with Gasteiger partial charge in [0.25, 0.3) is 5.91 Å². The van der Waals surface area contributed by atoms with E-state index in [0.717, 1.165) is 19.4 Å². The van der Waals surface area contributed by atoms with Crippen molar-refractivity contribution in [3.8, 4) is 5.75 Å². The largest absolute Gasteiger partial charge is 0.484 e. The second kappa shape index (κ2) is 5.48. The van der Waals surface area contributed by atoms with Crippen molar-refractivity contribution in [1.29, 1.82) is 0 Å². The SMILES string of the molecule is CCN(C(=O)COc1ccc(N)c(Cl)c1)C1CC1. The Morgan fingerprint density at radius 2 is 2.28 bits per heavy atom. The molecule has 1 amide bonds. The number of halogens is 1. The Balaban J connectivity index is 1.90. The lowest BCUT2D eigenvalue weighted by molar-refractivity contribution is -0.133. The van der Waals surface area contributed by atoms with Crippen LogP contribution in [-0.4, -0.2) is 30.0 Å². The van der Waals surface area contributed by atoms with E-state index < -0.39 is 0 Å². The minimum Gasteiger partial charge on any atom is -0.484 e. The molecule has 1 aromatic carbocycles. The van der Waals surface area contributed by atoms with Crippen LogP contribution in [0.15, 0.2) is 18.2 Å². The second-order valence-corrected chi connectivity index (χ2v) is 4.79. The maximum absolute atomic E-state index is 11.9. The monoisotopic (exact) mass is 268 g/mol. The number of nitrogens with two attached hydrogens (primary N) is 1. The number of nitrogens with zero attached hydrogens (tertiary/aromatic N) is 1. The Labute approximate surface area is 112 Å². The van der Waals surface area contributed by atoms with E-state index in [4.69, 9.17) is 22.1 Å². The van der Waals surface area contributed by atoms with Gasteiger partial charge in [-0.1, -0.05) is 11.6 Å². The molecule has 2 N–H and O–H groups in total. The molecule has 5 heteroatoms. The quantitative estimate of drug-likeness (QED) is 0.834. The highest BCUT2D eigenvalue weighted by atomic mass is 35.5. The standard InChI is InChI=1S/C13H17ClN2O2/c1-2-16(9-3-4-9)13(17)8-18-10-5-6-12(15)11(14)7-10/h5-7,9H,2-4,8,15H2,1H3. The van der Waals surface area contributed by atoms with Gasteiger partial charge in [-0.3, -0.25) is 4.79 Å². The highest BCUT2D eigenvalue weighted by molar-refractivity contribution is 6.33. The molecular formula is C13H17ClN2O2. The fourth-order valence-corrected chi connectivity index (χ4v) is 2.02. The van der Waals surface area contributed by atoms with Crippen molar-refractivity contribution in [3.63, 3.8) is 0 Å². The minimum atomic E-state index is 0.0212. The summed E-state index contributed by atoms with van der Waals surface area (Å²) in [6, 6.07) is 5.42.